The summed E-state index contributed by atoms with van der Waals surface area (Å²) >= 11 is 1.64. The first-order valence-corrected chi connectivity index (χ1v) is 8.04. The molecule has 1 amide bonds. The zero-order chi connectivity index (χ0) is 14.7. The van der Waals surface area contributed by atoms with E-state index in [1.54, 1.807) is 11.3 Å². The summed E-state index contributed by atoms with van der Waals surface area (Å²) in [6.07, 6.45) is 0.752. The van der Waals surface area contributed by atoms with Crippen molar-refractivity contribution in [1.82, 2.24) is 15.6 Å². The van der Waals surface area contributed by atoms with Gasteiger partial charge in [0.2, 0.25) is 5.91 Å². The Morgan fingerprint density at radius 3 is 3.05 bits per heavy atom. The third-order valence-electron chi connectivity index (χ3n) is 3.77. The topological polar surface area (TPSA) is 74.2 Å². The number of hydrogen-bond donors (Lipinski definition) is 3. The number of para-hydroxylation sites is 1. The molecule has 1 saturated heterocycles. The number of nitrogens with zero attached hydrogens (tertiary/aromatic N) is 1. The van der Waals surface area contributed by atoms with E-state index in [0.717, 1.165) is 21.8 Å². The second kappa shape index (κ2) is 6.51. The molecule has 2 atom stereocenters. The highest BCUT2D eigenvalue weighted by atomic mass is 32.1. The number of hydrogen-bond acceptors (Lipinski definition) is 5. The highest BCUT2D eigenvalue weighted by molar-refractivity contribution is 7.18. The van der Waals surface area contributed by atoms with Gasteiger partial charge >= 0.3 is 0 Å². The van der Waals surface area contributed by atoms with Gasteiger partial charge < -0.3 is 15.7 Å². The van der Waals surface area contributed by atoms with Gasteiger partial charge in [0.05, 0.1) is 21.3 Å². The summed E-state index contributed by atoms with van der Waals surface area (Å²) < 4.78 is 1.16. The van der Waals surface area contributed by atoms with Crippen LogP contribution in [0.1, 0.15) is 11.4 Å². The van der Waals surface area contributed by atoms with Crippen LogP contribution in [-0.2, 0) is 11.2 Å². The number of fused-ring (bicyclic) bond motifs is 1. The highest BCUT2D eigenvalue weighted by Crippen LogP contribution is 2.22. The van der Waals surface area contributed by atoms with E-state index in [1.165, 1.54) is 0 Å². The molecule has 1 fully saturated rings. The fraction of sp³-hybridized carbons (Fsp3) is 0.467. The second-order valence-electron chi connectivity index (χ2n) is 5.37. The molecule has 3 rings (SSSR count). The summed E-state index contributed by atoms with van der Waals surface area (Å²) in [6, 6.07) is 8.01. The molecular formula is C15H19N3O2S. The monoisotopic (exact) mass is 305 g/mol. The molecule has 0 saturated carbocycles. The van der Waals surface area contributed by atoms with Gasteiger partial charge in [-0.05, 0) is 12.1 Å². The Labute approximate surface area is 127 Å². The highest BCUT2D eigenvalue weighted by Gasteiger charge is 2.24. The molecule has 3 N–H and O–H groups in total. The molecule has 112 valence electrons. The summed E-state index contributed by atoms with van der Waals surface area (Å²) in [5, 5.41) is 16.7. The van der Waals surface area contributed by atoms with Gasteiger partial charge in [-0.25, -0.2) is 4.98 Å². The fourth-order valence-corrected chi connectivity index (χ4v) is 3.47. The van der Waals surface area contributed by atoms with Crippen molar-refractivity contribution in [3.63, 3.8) is 0 Å². The number of thiazole rings is 1. The van der Waals surface area contributed by atoms with Crippen molar-refractivity contribution in [3.05, 3.63) is 29.3 Å². The Bertz CT molecular complexity index is 595. The maximum absolute atomic E-state index is 11.9. The van der Waals surface area contributed by atoms with Crippen molar-refractivity contribution in [1.29, 1.82) is 0 Å². The summed E-state index contributed by atoms with van der Waals surface area (Å²) in [4.78, 5) is 16.4. The maximum Gasteiger partial charge on any atom is 0.220 e. The molecule has 2 heterocycles. The molecule has 1 aromatic carbocycles. The minimum absolute atomic E-state index is 0.0216. The largest absolute Gasteiger partial charge is 0.391 e. The zero-order valence-electron chi connectivity index (χ0n) is 11.7. The van der Waals surface area contributed by atoms with E-state index in [-0.39, 0.29) is 17.9 Å². The Kier molecular flexibility index (Phi) is 4.48. The van der Waals surface area contributed by atoms with Gasteiger partial charge in [-0.2, -0.15) is 0 Å². The van der Waals surface area contributed by atoms with Crippen LogP contribution in [-0.4, -0.2) is 41.7 Å². The number of aliphatic hydroxyl groups excluding tert-OH is 1. The van der Waals surface area contributed by atoms with E-state index in [4.69, 9.17) is 0 Å². The number of nitrogens with one attached hydrogen (secondary N) is 2. The molecule has 0 bridgehead atoms. The number of carbonyl (C=O) groups is 1. The van der Waals surface area contributed by atoms with Gasteiger partial charge in [0, 0.05) is 38.4 Å². The average Bonchev–Trinajstić information content (AvgIpc) is 3.08. The molecule has 5 nitrogen and oxygen atoms in total. The predicted octanol–water partition coefficient (Wildman–Crippen LogP) is 0.925. The Hall–Kier alpha value is -1.50. The predicted molar refractivity (Wildman–Crippen MR) is 83.3 cm³/mol. The summed E-state index contributed by atoms with van der Waals surface area (Å²) in [5.74, 6) is 0.143. The number of aliphatic hydroxyl groups is 1. The lowest BCUT2D eigenvalue weighted by atomic mass is 10.1. The average molecular weight is 305 g/mol. The number of β-amino-alcohol motifs (C(OH)–C–C–N with tert-alkyl or cyclic N) is 1. The van der Waals surface area contributed by atoms with Crippen LogP contribution in [0.15, 0.2) is 24.3 Å². The number of benzene rings is 1. The van der Waals surface area contributed by atoms with Crippen molar-refractivity contribution >= 4 is 27.5 Å². The lowest BCUT2D eigenvalue weighted by Crippen LogP contribution is -2.34. The van der Waals surface area contributed by atoms with Crippen molar-refractivity contribution in [2.75, 3.05) is 19.6 Å². The van der Waals surface area contributed by atoms with Gasteiger partial charge in [0.1, 0.15) is 0 Å². The number of aromatic nitrogens is 1. The van der Waals surface area contributed by atoms with E-state index in [2.05, 4.69) is 15.6 Å². The zero-order valence-corrected chi connectivity index (χ0v) is 12.5. The number of rotatable bonds is 5. The van der Waals surface area contributed by atoms with E-state index in [9.17, 15) is 9.90 Å². The van der Waals surface area contributed by atoms with Gasteiger partial charge in [0.25, 0.3) is 0 Å². The molecule has 2 unspecified atom stereocenters. The molecule has 0 aliphatic carbocycles. The smallest absolute Gasteiger partial charge is 0.220 e. The maximum atomic E-state index is 11.9. The van der Waals surface area contributed by atoms with Gasteiger partial charge in [0.15, 0.2) is 0 Å². The van der Waals surface area contributed by atoms with Crippen LogP contribution in [0.4, 0.5) is 0 Å². The normalized spacial score (nSPS) is 21.8. The van der Waals surface area contributed by atoms with Gasteiger partial charge in [-0.3, -0.25) is 4.79 Å². The minimum atomic E-state index is -0.352. The Morgan fingerprint density at radius 1 is 1.43 bits per heavy atom. The van der Waals surface area contributed by atoms with Crippen LogP contribution < -0.4 is 10.6 Å². The van der Waals surface area contributed by atoms with Crippen LogP contribution in [0, 0.1) is 5.92 Å². The molecule has 0 spiro atoms. The first kappa shape index (κ1) is 14.4. The standard InChI is InChI=1S/C15H19N3O2S/c19-12-9-16-7-10(12)8-17-14(20)5-6-15-18-11-3-1-2-4-13(11)21-15/h1-4,10,12,16,19H,5-9H2,(H,17,20). The summed E-state index contributed by atoms with van der Waals surface area (Å²) in [7, 11) is 0. The lowest BCUT2D eigenvalue weighted by molar-refractivity contribution is -0.121. The van der Waals surface area contributed by atoms with Crippen molar-refractivity contribution in [3.8, 4) is 0 Å². The summed E-state index contributed by atoms with van der Waals surface area (Å²) in [6.45, 7) is 1.92. The molecule has 0 radical (unpaired) electrons. The van der Waals surface area contributed by atoms with Crippen LogP contribution in [0.2, 0.25) is 0 Å². The van der Waals surface area contributed by atoms with E-state index in [0.29, 0.717) is 25.9 Å². The first-order chi connectivity index (χ1) is 10.2. The van der Waals surface area contributed by atoms with Crippen molar-refractivity contribution < 1.29 is 9.90 Å². The molecule has 1 aromatic heterocycles. The van der Waals surface area contributed by atoms with Crippen LogP contribution in [0.5, 0.6) is 0 Å². The lowest BCUT2D eigenvalue weighted by Gasteiger charge is -2.13. The van der Waals surface area contributed by atoms with Gasteiger partial charge in [-0.1, -0.05) is 12.1 Å². The third-order valence-corrected chi connectivity index (χ3v) is 4.87. The Balaban J connectivity index is 1.47. The molecule has 1 aliphatic heterocycles. The minimum Gasteiger partial charge on any atom is -0.391 e. The molecule has 1 aliphatic rings. The van der Waals surface area contributed by atoms with E-state index < -0.39 is 0 Å². The second-order valence-corrected chi connectivity index (χ2v) is 6.48. The number of aryl methyl sites for hydroxylation is 1. The molecule has 2 aromatic rings. The quantitative estimate of drug-likeness (QED) is 0.768. The number of amides is 1. The van der Waals surface area contributed by atoms with E-state index >= 15 is 0 Å². The third kappa shape index (κ3) is 3.58. The van der Waals surface area contributed by atoms with Crippen molar-refractivity contribution in [2.24, 2.45) is 5.92 Å². The van der Waals surface area contributed by atoms with Crippen LogP contribution in [0.3, 0.4) is 0 Å². The van der Waals surface area contributed by atoms with Crippen molar-refractivity contribution in [2.45, 2.75) is 18.9 Å². The number of carbonyl (C=O) groups excluding carboxylic acids is 1. The fourth-order valence-electron chi connectivity index (χ4n) is 2.51. The SMILES string of the molecule is O=C(CCc1nc2ccccc2s1)NCC1CNCC1O. The summed E-state index contributed by atoms with van der Waals surface area (Å²) in [5.41, 5.74) is 0.998. The van der Waals surface area contributed by atoms with E-state index in [1.807, 2.05) is 24.3 Å². The molecular weight excluding hydrogens is 286 g/mol. The van der Waals surface area contributed by atoms with Gasteiger partial charge in [-0.15, -0.1) is 11.3 Å². The molecule has 21 heavy (non-hydrogen) atoms. The van der Waals surface area contributed by atoms with Crippen LogP contribution in [0.25, 0.3) is 10.2 Å². The van der Waals surface area contributed by atoms with Crippen LogP contribution >= 0.6 is 11.3 Å². The molecule has 6 heteroatoms. The first-order valence-electron chi connectivity index (χ1n) is 7.22. The Morgan fingerprint density at radius 2 is 2.29 bits per heavy atom.